The molecular formula is C13H12BrCl2N2OS+. The van der Waals surface area contributed by atoms with Crippen molar-refractivity contribution < 1.29 is 9.36 Å². The SMILES string of the molecule is Br.CC(=O)N1CC[n+]2cc(-c3ccc(Cl)cc3Cl)sc21. The van der Waals surface area contributed by atoms with Gasteiger partial charge >= 0.3 is 11.0 Å². The van der Waals surface area contributed by atoms with E-state index in [4.69, 9.17) is 23.2 Å². The molecule has 0 N–H and O–H groups in total. The van der Waals surface area contributed by atoms with E-state index in [0.717, 1.165) is 28.7 Å². The molecule has 0 spiro atoms. The molecule has 0 atom stereocenters. The van der Waals surface area contributed by atoms with E-state index < -0.39 is 0 Å². The van der Waals surface area contributed by atoms with Gasteiger partial charge in [-0.25, -0.2) is 9.36 Å². The molecule has 106 valence electrons. The van der Waals surface area contributed by atoms with Gasteiger partial charge in [-0.05, 0) is 23.5 Å². The fraction of sp³-hybridized carbons (Fsp3) is 0.231. The van der Waals surface area contributed by atoms with Crippen molar-refractivity contribution in [1.82, 2.24) is 0 Å². The maximum Gasteiger partial charge on any atom is 0.344 e. The summed E-state index contributed by atoms with van der Waals surface area (Å²) in [5, 5.41) is 2.21. The van der Waals surface area contributed by atoms with Crippen LogP contribution in [0.3, 0.4) is 0 Å². The molecule has 0 aliphatic carbocycles. The first kappa shape index (κ1) is 15.8. The summed E-state index contributed by atoms with van der Waals surface area (Å²) in [7, 11) is 0. The van der Waals surface area contributed by atoms with Gasteiger partial charge in [-0.2, -0.15) is 4.90 Å². The largest absolute Gasteiger partial charge is 0.344 e. The number of amides is 1. The van der Waals surface area contributed by atoms with Crippen molar-refractivity contribution >= 4 is 62.6 Å². The van der Waals surface area contributed by atoms with E-state index in [0.29, 0.717) is 10.0 Å². The molecular weight excluding hydrogens is 383 g/mol. The number of aromatic nitrogens is 1. The Morgan fingerprint density at radius 1 is 1.40 bits per heavy atom. The van der Waals surface area contributed by atoms with Crippen LogP contribution in [0.25, 0.3) is 10.4 Å². The van der Waals surface area contributed by atoms with Gasteiger partial charge in [0.25, 0.3) is 0 Å². The molecule has 0 radical (unpaired) electrons. The molecule has 1 aromatic carbocycles. The number of nitrogens with zero attached hydrogens (tertiary/aromatic N) is 2. The second kappa shape index (κ2) is 6.02. The van der Waals surface area contributed by atoms with Crippen LogP contribution in [0.5, 0.6) is 0 Å². The van der Waals surface area contributed by atoms with Gasteiger partial charge in [-0.15, -0.1) is 17.0 Å². The van der Waals surface area contributed by atoms with Crippen LogP contribution in [0.4, 0.5) is 5.13 Å². The van der Waals surface area contributed by atoms with Crippen molar-refractivity contribution in [3.8, 4) is 10.4 Å². The summed E-state index contributed by atoms with van der Waals surface area (Å²) in [6.07, 6.45) is 2.04. The van der Waals surface area contributed by atoms with Crippen molar-refractivity contribution in [2.24, 2.45) is 0 Å². The zero-order valence-electron chi connectivity index (χ0n) is 10.6. The van der Waals surface area contributed by atoms with Crippen LogP contribution in [0, 0.1) is 0 Å². The van der Waals surface area contributed by atoms with Crippen molar-refractivity contribution in [3.05, 3.63) is 34.4 Å². The van der Waals surface area contributed by atoms with Gasteiger partial charge in [0.05, 0.1) is 9.90 Å². The number of thiazole rings is 1. The molecule has 0 fully saturated rings. The molecule has 1 aliphatic rings. The minimum absolute atomic E-state index is 0. The first-order valence-electron chi connectivity index (χ1n) is 5.83. The second-order valence-corrected chi connectivity index (χ2v) is 6.22. The first-order chi connectivity index (χ1) is 9.06. The third-order valence-corrected chi connectivity index (χ3v) is 4.82. The number of fused-ring (bicyclic) bond motifs is 1. The molecule has 7 heteroatoms. The summed E-state index contributed by atoms with van der Waals surface area (Å²) < 4.78 is 2.09. The fourth-order valence-electron chi connectivity index (χ4n) is 2.16. The smallest absolute Gasteiger partial charge is 0.247 e. The van der Waals surface area contributed by atoms with Gasteiger partial charge in [0.15, 0.2) is 0 Å². The summed E-state index contributed by atoms with van der Waals surface area (Å²) in [6.45, 7) is 3.16. The van der Waals surface area contributed by atoms with Crippen LogP contribution in [0.2, 0.25) is 10.0 Å². The lowest BCUT2D eigenvalue weighted by molar-refractivity contribution is -0.666. The molecule has 3 rings (SSSR count). The molecule has 3 nitrogen and oxygen atoms in total. The molecule has 1 aliphatic heterocycles. The van der Waals surface area contributed by atoms with Crippen LogP contribution < -0.4 is 9.47 Å². The Labute approximate surface area is 141 Å². The Morgan fingerprint density at radius 2 is 2.15 bits per heavy atom. The summed E-state index contributed by atoms with van der Waals surface area (Å²) in [4.78, 5) is 14.4. The van der Waals surface area contributed by atoms with E-state index in [2.05, 4.69) is 4.57 Å². The number of hydrogen-bond acceptors (Lipinski definition) is 2. The molecule has 2 aromatic rings. The number of benzene rings is 1. The van der Waals surface area contributed by atoms with Crippen LogP contribution in [0.15, 0.2) is 24.4 Å². The summed E-state index contributed by atoms with van der Waals surface area (Å²) in [6, 6.07) is 5.46. The lowest BCUT2D eigenvalue weighted by atomic mass is 10.2. The molecule has 1 amide bonds. The zero-order valence-corrected chi connectivity index (χ0v) is 14.6. The van der Waals surface area contributed by atoms with Crippen LogP contribution in [0.1, 0.15) is 6.92 Å². The van der Waals surface area contributed by atoms with Gasteiger partial charge in [0.2, 0.25) is 0 Å². The quantitative estimate of drug-likeness (QED) is 0.672. The predicted octanol–water partition coefficient (Wildman–Crippen LogP) is 3.95. The fourth-order valence-corrected chi connectivity index (χ4v) is 3.98. The number of carbonyl (C=O) groups is 1. The van der Waals surface area contributed by atoms with E-state index in [1.165, 1.54) is 0 Å². The highest BCUT2D eigenvalue weighted by molar-refractivity contribution is 8.93. The number of carbonyl (C=O) groups excluding carboxylic acids is 1. The highest BCUT2D eigenvalue weighted by Gasteiger charge is 2.34. The standard InChI is InChI=1S/C13H11Cl2N2OS.BrH/c1-8(18)17-5-4-16-7-12(19-13(16)17)10-3-2-9(14)6-11(10)15;/h2-3,6-7H,4-5H2,1H3;1H/q+1;. The van der Waals surface area contributed by atoms with E-state index in [-0.39, 0.29) is 22.9 Å². The number of rotatable bonds is 1. The van der Waals surface area contributed by atoms with Crippen molar-refractivity contribution in [3.63, 3.8) is 0 Å². The maximum absolute atomic E-state index is 11.5. The van der Waals surface area contributed by atoms with Gasteiger partial charge in [-0.3, -0.25) is 0 Å². The lowest BCUT2D eigenvalue weighted by Gasteiger charge is -2.02. The predicted molar refractivity (Wildman–Crippen MR) is 88.3 cm³/mol. The van der Waals surface area contributed by atoms with Gasteiger partial charge in [0, 0.05) is 17.5 Å². The molecule has 0 unspecified atom stereocenters. The van der Waals surface area contributed by atoms with Crippen LogP contribution in [-0.2, 0) is 11.3 Å². The summed E-state index contributed by atoms with van der Waals surface area (Å²) in [5.74, 6) is 0.0712. The number of hydrogen-bond donors (Lipinski definition) is 0. The summed E-state index contributed by atoms with van der Waals surface area (Å²) in [5.41, 5.74) is 0.946. The molecule has 1 aromatic heterocycles. The van der Waals surface area contributed by atoms with Crippen molar-refractivity contribution in [2.45, 2.75) is 13.5 Å². The van der Waals surface area contributed by atoms with Crippen LogP contribution in [-0.4, -0.2) is 12.5 Å². The number of halogens is 3. The summed E-state index contributed by atoms with van der Waals surface area (Å²) >= 11 is 13.7. The van der Waals surface area contributed by atoms with Gasteiger partial charge in [0.1, 0.15) is 19.3 Å². The van der Waals surface area contributed by atoms with Gasteiger partial charge < -0.3 is 0 Å². The van der Waals surface area contributed by atoms with E-state index >= 15 is 0 Å². The highest BCUT2D eigenvalue weighted by Crippen LogP contribution is 2.36. The minimum atomic E-state index is 0. The van der Waals surface area contributed by atoms with E-state index in [1.54, 1.807) is 29.2 Å². The van der Waals surface area contributed by atoms with E-state index in [1.807, 2.05) is 18.3 Å². The van der Waals surface area contributed by atoms with Crippen LogP contribution >= 0.6 is 51.5 Å². The third kappa shape index (κ3) is 2.72. The lowest BCUT2D eigenvalue weighted by Crippen LogP contribution is -2.28. The Hall–Kier alpha value is -0.620. The molecule has 0 bridgehead atoms. The number of anilines is 1. The Kier molecular flexibility index (Phi) is 4.74. The third-order valence-electron chi connectivity index (χ3n) is 3.09. The zero-order chi connectivity index (χ0) is 13.6. The first-order valence-corrected chi connectivity index (χ1v) is 7.40. The average molecular weight is 395 g/mol. The molecule has 0 saturated carbocycles. The monoisotopic (exact) mass is 393 g/mol. The Balaban J connectivity index is 0.00000147. The molecule has 0 saturated heterocycles. The normalized spacial score (nSPS) is 13.1. The van der Waals surface area contributed by atoms with Gasteiger partial charge in [-0.1, -0.05) is 29.3 Å². The maximum atomic E-state index is 11.5. The highest BCUT2D eigenvalue weighted by atomic mass is 79.9. The minimum Gasteiger partial charge on any atom is -0.247 e. The second-order valence-electron chi connectivity index (χ2n) is 4.37. The Bertz CT molecular complexity index is 674. The molecule has 2 heterocycles. The van der Waals surface area contributed by atoms with E-state index in [9.17, 15) is 4.79 Å². The molecule has 20 heavy (non-hydrogen) atoms. The topological polar surface area (TPSA) is 24.2 Å². The van der Waals surface area contributed by atoms with Crippen molar-refractivity contribution in [2.75, 3.05) is 11.4 Å². The average Bonchev–Trinajstić information content (AvgIpc) is 2.87. The Morgan fingerprint density at radius 3 is 2.80 bits per heavy atom. The van der Waals surface area contributed by atoms with Crippen molar-refractivity contribution in [1.29, 1.82) is 0 Å².